The molecule has 0 unspecified atom stereocenters. The van der Waals surface area contributed by atoms with Crippen LogP contribution in [0.5, 0.6) is 0 Å². The summed E-state index contributed by atoms with van der Waals surface area (Å²) in [6, 6.07) is 1.93. The second-order valence-electron chi connectivity index (χ2n) is 2.77. The molecule has 13 heavy (non-hydrogen) atoms. The lowest BCUT2D eigenvalue weighted by atomic mass is 10.1. The van der Waals surface area contributed by atoms with E-state index in [-0.39, 0.29) is 6.04 Å². The summed E-state index contributed by atoms with van der Waals surface area (Å²) in [6.45, 7) is 3.64. The number of pyridine rings is 1. The standard InChI is InChI=1S/C9H12IN3/c1-2-3-8(11)6-4-7(10)9(12)13-5-6/h2,4-5,8H,1,3,11H2,(H2,12,13)/t8-/m0/s1. The second-order valence-corrected chi connectivity index (χ2v) is 3.93. The normalized spacial score (nSPS) is 12.5. The first-order valence-corrected chi connectivity index (χ1v) is 5.00. The first kappa shape index (κ1) is 10.5. The quantitative estimate of drug-likeness (QED) is 0.659. The van der Waals surface area contributed by atoms with Crippen LogP contribution in [0.25, 0.3) is 0 Å². The van der Waals surface area contributed by atoms with Gasteiger partial charge in [-0.05, 0) is 40.6 Å². The molecule has 0 spiro atoms. The Morgan fingerprint density at radius 1 is 1.69 bits per heavy atom. The second kappa shape index (κ2) is 4.57. The smallest absolute Gasteiger partial charge is 0.136 e. The van der Waals surface area contributed by atoms with Crippen LogP contribution in [0.15, 0.2) is 24.9 Å². The zero-order valence-electron chi connectivity index (χ0n) is 7.20. The predicted octanol–water partition coefficient (Wildman–Crippen LogP) is 1.84. The molecule has 0 aliphatic rings. The highest BCUT2D eigenvalue weighted by Crippen LogP contribution is 2.19. The zero-order valence-corrected chi connectivity index (χ0v) is 9.36. The number of hydrogen-bond donors (Lipinski definition) is 2. The number of aromatic nitrogens is 1. The highest BCUT2D eigenvalue weighted by molar-refractivity contribution is 14.1. The molecule has 0 aliphatic carbocycles. The lowest BCUT2D eigenvalue weighted by Crippen LogP contribution is -2.10. The van der Waals surface area contributed by atoms with Gasteiger partial charge >= 0.3 is 0 Å². The SMILES string of the molecule is C=CC[C@H](N)c1cnc(N)c(I)c1. The van der Waals surface area contributed by atoms with Gasteiger partial charge in [-0.25, -0.2) is 4.98 Å². The van der Waals surface area contributed by atoms with Gasteiger partial charge in [0.15, 0.2) is 0 Å². The highest BCUT2D eigenvalue weighted by atomic mass is 127. The van der Waals surface area contributed by atoms with Crippen molar-refractivity contribution in [3.8, 4) is 0 Å². The number of nitrogen functional groups attached to an aromatic ring is 1. The third kappa shape index (κ3) is 2.67. The molecule has 1 aromatic rings. The van der Waals surface area contributed by atoms with E-state index in [4.69, 9.17) is 11.5 Å². The Morgan fingerprint density at radius 3 is 2.92 bits per heavy atom. The summed E-state index contributed by atoms with van der Waals surface area (Å²) in [7, 11) is 0. The van der Waals surface area contributed by atoms with Gasteiger partial charge in [-0.1, -0.05) is 6.08 Å². The molecular formula is C9H12IN3. The number of hydrogen-bond acceptors (Lipinski definition) is 3. The summed E-state index contributed by atoms with van der Waals surface area (Å²) in [5, 5.41) is 0. The van der Waals surface area contributed by atoms with Gasteiger partial charge in [0.25, 0.3) is 0 Å². The van der Waals surface area contributed by atoms with Gasteiger partial charge in [0.05, 0.1) is 3.57 Å². The maximum absolute atomic E-state index is 5.87. The topological polar surface area (TPSA) is 64.9 Å². The molecule has 1 aromatic heterocycles. The fraction of sp³-hybridized carbons (Fsp3) is 0.222. The fourth-order valence-electron chi connectivity index (χ4n) is 0.982. The van der Waals surface area contributed by atoms with E-state index in [1.165, 1.54) is 0 Å². The number of halogens is 1. The molecule has 0 bridgehead atoms. The van der Waals surface area contributed by atoms with Crippen molar-refractivity contribution >= 4 is 28.4 Å². The third-order valence-electron chi connectivity index (χ3n) is 1.74. The minimum Gasteiger partial charge on any atom is -0.383 e. The van der Waals surface area contributed by atoms with E-state index in [0.29, 0.717) is 5.82 Å². The number of nitrogens with two attached hydrogens (primary N) is 2. The summed E-state index contributed by atoms with van der Waals surface area (Å²) in [6.07, 6.45) is 4.27. The Kier molecular flexibility index (Phi) is 3.68. The number of rotatable bonds is 3. The third-order valence-corrected chi connectivity index (χ3v) is 2.60. The van der Waals surface area contributed by atoms with Gasteiger partial charge < -0.3 is 11.5 Å². The number of anilines is 1. The summed E-state index contributed by atoms with van der Waals surface area (Å²) < 4.78 is 0.939. The Hall–Kier alpha value is -0.620. The molecule has 4 heteroatoms. The maximum Gasteiger partial charge on any atom is 0.136 e. The Bertz CT molecular complexity index is 312. The van der Waals surface area contributed by atoms with E-state index < -0.39 is 0 Å². The van der Waals surface area contributed by atoms with Crippen molar-refractivity contribution in [1.82, 2.24) is 4.98 Å². The summed E-state index contributed by atoms with van der Waals surface area (Å²) in [5.74, 6) is 0.551. The van der Waals surface area contributed by atoms with Crippen molar-refractivity contribution in [2.24, 2.45) is 5.73 Å². The monoisotopic (exact) mass is 289 g/mol. The molecule has 0 fully saturated rings. The zero-order chi connectivity index (χ0) is 9.84. The lowest BCUT2D eigenvalue weighted by molar-refractivity contribution is 0.737. The summed E-state index contributed by atoms with van der Waals surface area (Å²) in [4.78, 5) is 4.04. The van der Waals surface area contributed by atoms with Gasteiger partial charge in [-0.2, -0.15) is 0 Å². The van der Waals surface area contributed by atoms with E-state index >= 15 is 0 Å². The molecule has 1 heterocycles. The summed E-state index contributed by atoms with van der Waals surface area (Å²) in [5.41, 5.74) is 12.5. The van der Waals surface area contributed by atoms with Crippen LogP contribution in [-0.4, -0.2) is 4.98 Å². The van der Waals surface area contributed by atoms with E-state index in [2.05, 4.69) is 34.2 Å². The van der Waals surface area contributed by atoms with E-state index in [9.17, 15) is 0 Å². The minimum atomic E-state index is -0.0286. The molecule has 0 aromatic carbocycles. The molecule has 0 aliphatic heterocycles. The summed E-state index contributed by atoms with van der Waals surface area (Å²) >= 11 is 2.14. The molecule has 1 rings (SSSR count). The molecule has 70 valence electrons. The van der Waals surface area contributed by atoms with Gasteiger partial charge in [-0.15, -0.1) is 6.58 Å². The fourth-order valence-corrected chi connectivity index (χ4v) is 1.48. The van der Waals surface area contributed by atoms with E-state index in [0.717, 1.165) is 15.6 Å². The lowest BCUT2D eigenvalue weighted by Gasteiger charge is -2.09. The molecule has 0 radical (unpaired) electrons. The van der Waals surface area contributed by atoms with Crippen molar-refractivity contribution in [3.05, 3.63) is 34.1 Å². The largest absolute Gasteiger partial charge is 0.383 e. The Balaban J connectivity index is 2.89. The maximum atomic E-state index is 5.87. The highest BCUT2D eigenvalue weighted by Gasteiger charge is 2.06. The van der Waals surface area contributed by atoms with Crippen molar-refractivity contribution in [2.45, 2.75) is 12.5 Å². The van der Waals surface area contributed by atoms with Crippen molar-refractivity contribution in [1.29, 1.82) is 0 Å². The molecule has 4 N–H and O–H groups in total. The average Bonchev–Trinajstić information content (AvgIpc) is 2.10. The van der Waals surface area contributed by atoms with E-state index in [1.807, 2.05) is 6.07 Å². The van der Waals surface area contributed by atoms with Crippen LogP contribution in [0, 0.1) is 3.57 Å². The van der Waals surface area contributed by atoms with E-state index in [1.54, 1.807) is 12.3 Å². The minimum absolute atomic E-state index is 0.0286. The van der Waals surface area contributed by atoms with Crippen LogP contribution >= 0.6 is 22.6 Å². The van der Waals surface area contributed by atoms with Crippen LogP contribution < -0.4 is 11.5 Å². The van der Waals surface area contributed by atoms with Gasteiger partial charge in [0.1, 0.15) is 5.82 Å². The van der Waals surface area contributed by atoms with Crippen molar-refractivity contribution in [3.63, 3.8) is 0 Å². The number of nitrogens with zero attached hydrogens (tertiary/aromatic N) is 1. The molecule has 0 saturated heterocycles. The Morgan fingerprint density at radius 2 is 2.38 bits per heavy atom. The van der Waals surface area contributed by atoms with Crippen molar-refractivity contribution in [2.75, 3.05) is 5.73 Å². The van der Waals surface area contributed by atoms with Gasteiger partial charge in [0.2, 0.25) is 0 Å². The molecular weight excluding hydrogens is 277 g/mol. The Labute approximate surface area is 91.4 Å². The first-order chi connectivity index (χ1) is 6.15. The molecule has 1 atom stereocenters. The van der Waals surface area contributed by atoms with Gasteiger partial charge in [-0.3, -0.25) is 0 Å². The van der Waals surface area contributed by atoms with Crippen LogP contribution in [0.1, 0.15) is 18.0 Å². The molecule has 3 nitrogen and oxygen atoms in total. The van der Waals surface area contributed by atoms with Crippen LogP contribution in [0.2, 0.25) is 0 Å². The molecule has 0 saturated carbocycles. The average molecular weight is 289 g/mol. The van der Waals surface area contributed by atoms with Gasteiger partial charge in [0, 0.05) is 12.2 Å². The first-order valence-electron chi connectivity index (χ1n) is 3.92. The van der Waals surface area contributed by atoms with Crippen LogP contribution in [-0.2, 0) is 0 Å². The van der Waals surface area contributed by atoms with Crippen molar-refractivity contribution < 1.29 is 0 Å². The van der Waals surface area contributed by atoms with Crippen LogP contribution in [0.3, 0.4) is 0 Å². The van der Waals surface area contributed by atoms with Crippen LogP contribution in [0.4, 0.5) is 5.82 Å². The predicted molar refractivity (Wildman–Crippen MR) is 63.1 cm³/mol. The molecule has 0 amide bonds.